The normalized spacial score (nSPS) is 15.0. The molecular weight excluding hydrogens is 510 g/mol. The van der Waals surface area contributed by atoms with Crippen molar-refractivity contribution in [2.24, 2.45) is 0 Å². The Balaban J connectivity index is 1.34. The number of aromatic nitrogens is 3. The van der Waals surface area contributed by atoms with Crippen LogP contribution in [0.15, 0.2) is 115 Å². The van der Waals surface area contributed by atoms with Crippen LogP contribution in [0.1, 0.15) is 50.1 Å². The molecule has 0 saturated carbocycles. The number of fused-ring (bicyclic) bond motifs is 6. The number of rotatable bonds is 3. The molecule has 0 unspecified atom stereocenters. The summed E-state index contributed by atoms with van der Waals surface area (Å²) in [6, 6.07) is 38.7. The zero-order valence-electron chi connectivity index (χ0n) is 24.3. The van der Waals surface area contributed by atoms with Crippen LogP contribution in [0.25, 0.3) is 56.2 Å². The van der Waals surface area contributed by atoms with Gasteiger partial charge in [-0.2, -0.15) is 0 Å². The zero-order valence-corrected chi connectivity index (χ0v) is 24.3. The van der Waals surface area contributed by atoms with Crippen molar-refractivity contribution in [3.05, 3.63) is 138 Å². The molecule has 0 atom stereocenters. The molecule has 8 rings (SSSR count). The van der Waals surface area contributed by atoms with E-state index in [0.717, 1.165) is 50.7 Å². The van der Waals surface area contributed by atoms with E-state index in [2.05, 4.69) is 125 Å². The summed E-state index contributed by atoms with van der Waals surface area (Å²) in [6.07, 6.45) is 1.99. The van der Waals surface area contributed by atoms with Crippen molar-refractivity contribution >= 4 is 0 Å². The van der Waals surface area contributed by atoms with Gasteiger partial charge in [-0.25, -0.2) is 9.97 Å². The molecule has 6 aromatic rings. The molecule has 2 aromatic heterocycles. The lowest BCUT2D eigenvalue weighted by molar-refractivity contribution is 0.635. The molecule has 0 fully saturated rings. The molecule has 42 heavy (non-hydrogen) atoms. The smallest absolute Gasteiger partial charge is 0.0973 e. The third-order valence-corrected chi connectivity index (χ3v) is 9.29. The van der Waals surface area contributed by atoms with Gasteiger partial charge in [-0.15, -0.1) is 0 Å². The first-order valence-corrected chi connectivity index (χ1v) is 14.6. The van der Waals surface area contributed by atoms with Gasteiger partial charge in [0.25, 0.3) is 0 Å². The van der Waals surface area contributed by atoms with E-state index in [-0.39, 0.29) is 10.8 Å². The topological polar surface area (TPSA) is 38.7 Å². The standard InChI is InChI=1S/C39H31N3/c1-38(2)30-18-12-11-17-27(30)28-20-19-26(21-31(28)38)35-34(25-15-9-6-10-16-25)41-36-29-23-40-33(24-13-7-5-8-14-24)22-32(29)39(3,4)37(36)42-35/h5-23H,1-4H3. The van der Waals surface area contributed by atoms with Gasteiger partial charge >= 0.3 is 0 Å². The van der Waals surface area contributed by atoms with Crippen molar-refractivity contribution in [1.82, 2.24) is 15.0 Å². The lowest BCUT2D eigenvalue weighted by Gasteiger charge is -2.23. The van der Waals surface area contributed by atoms with Gasteiger partial charge < -0.3 is 0 Å². The number of hydrogen-bond donors (Lipinski definition) is 0. The van der Waals surface area contributed by atoms with Gasteiger partial charge in [-0.3, -0.25) is 4.98 Å². The van der Waals surface area contributed by atoms with Crippen LogP contribution in [-0.2, 0) is 10.8 Å². The molecule has 2 aliphatic rings. The van der Waals surface area contributed by atoms with E-state index in [0.29, 0.717) is 0 Å². The number of hydrogen-bond acceptors (Lipinski definition) is 3. The molecule has 0 radical (unpaired) electrons. The van der Waals surface area contributed by atoms with E-state index in [4.69, 9.17) is 15.0 Å². The van der Waals surface area contributed by atoms with Crippen molar-refractivity contribution in [3.8, 4) is 56.2 Å². The van der Waals surface area contributed by atoms with Crippen LogP contribution < -0.4 is 0 Å². The second kappa shape index (κ2) is 8.80. The average molecular weight is 542 g/mol. The Morgan fingerprint density at radius 3 is 1.83 bits per heavy atom. The van der Waals surface area contributed by atoms with Gasteiger partial charge in [0, 0.05) is 39.3 Å². The monoisotopic (exact) mass is 541 g/mol. The van der Waals surface area contributed by atoms with Crippen molar-refractivity contribution in [3.63, 3.8) is 0 Å². The van der Waals surface area contributed by atoms with Crippen LogP contribution in [0.5, 0.6) is 0 Å². The molecule has 202 valence electrons. The molecular formula is C39H31N3. The quantitative estimate of drug-likeness (QED) is 0.224. The van der Waals surface area contributed by atoms with Crippen LogP contribution in [0, 0.1) is 0 Å². The molecule has 0 bridgehead atoms. The molecule has 2 aliphatic carbocycles. The van der Waals surface area contributed by atoms with Gasteiger partial charge in [0.2, 0.25) is 0 Å². The first kappa shape index (κ1) is 24.9. The molecule has 0 N–H and O–H groups in total. The van der Waals surface area contributed by atoms with Crippen molar-refractivity contribution in [1.29, 1.82) is 0 Å². The Hall–Kier alpha value is -4.89. The number of nitrogens with zero attached hydrogens (tertiary/aromatic N) is 3. The van der Waals surface area contributed by atoms with Crippen LogP contribution in [0.2, 0.25) is 0 Å². The minimum atomic E-state index is -0.319. The maximum absolute atomic E-state index is 5.50. The molecule has 0 amide bonds. The summed E-state index contributed by atoms with van der Waals surface area (Å²) in [5.41, 5.74) is 15.2. The maximum Gasteiger partial charge on any atom is 0.0973 e. The average Bonchev–Trinajstić information content (AvgIpc) is 3.40. The second-order valence-corrected chi connectivity index (χ2v) is 12.5. The minimum absolute atomic E-state index is 0.0893. The largest absolute Gasteiger partial charge is 0.256 e. The summed E-state index contributed by atoms with van der Waals surface area (Å²) in [6.45, 7) is 9.17. The SMILES string of the molecule is CC1(C)c2ccccc2-c2ccc(-c3nc4c(nc3-c3ccccc3)-c3cnc(-c5ccccc5)cc3C4(C)C)cc21. The van der Waals surface area contributed by atoms with Gasteiger partial charge in [-0.05, 0) is 39.9 Å². The molecule has 3 heteroatoms. The highest BCUT2D eigenvalue weighted by Crippen LogP contribution is 2.52. The fraction of sp³-hybridized carbons (Fsp3) is 0.154. The molecule has 3 nitrogen and oxygen atoms in total. The summed E-state index contributed by atoms with van der Waals surface area (Å²) >= 11 is 0. The lowest BCUT2D eigenvalue weighted by Crippen LogP contribution is -2.18. The highest BCUT2D eigenvalue weighted by Gasteiger charge is 2.40. The maximum atomic E-state index is 5.50. The Morgan fingerprint density at radius 2 is 1.07 bits per heavy atom. The Morgan fingerprint density at radius 1 is 0.452 bits per heavy atom. The van der Waals surface area contributed by atoms with Gasteiger partial charge in [0.05, 0.1) is 28.5 Å². The Labute approximate surface area is 247 Å². The highest BCUT2D eigenvalue weighted by molar-refractivity contribution is 5.88. The summed E-state index contributed by atoms with van der Waals surface area (Å²) in [5, 5.41) is 0. The summed E-state index contributed by atoms with van der Waals surface area (Å²) in [7, 11) is 0. The lowest BCUT2D eigenvalue weighted by atomic mass is 9.81. The van der Waals surface area contributed by atoms with Gasteiger partial charge in [0.1, 0.15) is 0 Å². The zero-order chi connectivity index (χ0) is 28.6. The Bertz CT molecular complexity index is 2020. The van der Waals surface area contributed by atoms with E-state index in [9.17, 15) is 0 Å². The van der Waals surface area contributed by atoms with E-state index < -0.39 is 0 Å². The molecule has 0 saturated heterocycles. The third kappa shape index (κ3) is 3.50. The summed E-state index contributed by atoms with van der Waals surface area (Å²) in [4.78, 5) is 15.8. The first-order valence-electron chi connectivity index (χ1n) is 14.6. The van der Waals surface area contributed by atoms with E-state index >= 15 is 0 Å². The van der Waals surface area contributed by atoms with Crippen molar-refractivity contribution in [2.45, 2.75) is 38.5 Å². The van der Waals surface area contributed by atoms with Crippen molar-refractivity contribution in [2.75, 3.05) is 0 Å². The van der Waals surface area contributed by atoms with Crippen LogP contribution in [0.4, 0.5) is 0 Å². The summed E-state index contributed by atoms with van der Waals surface area (Å²) < 4.78 is 0. The second-order valence-electron chi connectivity index (χ2n) is 12.5. The molecule has 0 aliphatic heterocycles. The fourth-order valence-electron chi connectivity index (χ4n) is 6.96. The Kier molecular flexibility index (Phi) is 5.21. The number of pyridine rings is 1. The first-order chi connectivity index (χ1) is 20.3. The van der Waals surface area contributed by atoms with E-state index in [1.165, 1.54) is 27.8 Å². The number of benzene rings is 4. The fourth-order valence-corrected chi connectivity index (χ4v) is 6.96. The minimum Gasteiger partial charge on any atom is -0.256 e. The molecule has 4 aromatic carbocycles. The van der Waals surface area contributed by atoms with Crippen LogP contribution >= 0.6 is 0 Å². The van der Waals surface area contributed by atoms with Gasteiger partial charge in [-0.1, -0.05) is 125 Å². The molecule has 2 heterocycles. The predicted molar refractivity (Wildman–Crippen MR) is 171 cm³/mol. The summed E-state index contributed by atoms with van der Waals surface area (Å²) in [5.74, 6) is 0. The molecule has 0 spiro atoms. The van der Waals surface area contributed by atoms with E-state index in [1.807, 2.05) is 18.3 Å². The predicted octanol–water partition coefficient (Wildman–Crippen LogP) is 9.49. The van der Waals surface area contributed by atoms with Gasteiger partial charge in [0.15, 0.2) is 0 Å². The third-order valence-electron chi connectivity index (χ3n) is 9.29. The van der Waals surface area contributed by atoms with Crippen LogP contribution in [0.3, 0.4) is 0 Å². The van der Waals surface area contributed by atoms with Crippen molar-refractivity contribution < 1.29 is 0 Å². The van der Waals surface area contributed by atoms with Crippen LogP contribution in [-0.4, -0.2) is 15.0 Å². The van der Waals surface area contributed by atoms with E-state index in [1.54, 1.807) is 0 Å². The highest BCUT2D eigenvalue weighted by atomic mass is 14.9.